The Hall–Kier alpha value is -0.680. The minimum atomic E-state index is -3.25. The Morgan fingerprint density at radius 3 is 2.20 bits per heavy atom. The smallest absolute Gasteiger partial charge is 0.357 e. The quantitative estimate of drug-likeness (QED) is 0.520. The normalized spacial score (nSPS) is 11.1. The number of carbonyl (C=O) groups excluding carboxylic acids is 1. The van der Waals surface area contributed by atoms with Crippen LogP contribution in [-0.2, 0) is 23.1 Å². The van der Waals surface area contributed by atoms with E-state index in [0.717, 1.165) is 0 Å². The Balaban J connectivity index is 4.04. The maximum atomic E-state index is 11.7. The molecule has 0 aromatic heterocycles. The SMILES string of the molecule is C=C(CNCC(=O)OC)P(=O)(OC)OC. The number of rotatable bonds is 7. The van der Waals surface area contributed by atoms with E-state index >= 15 is 0 Å². The van der Waals surface area contributed by atoms with E-state index in [2.05, 4.69) is 16.6 Å². The first kappa shape index (κ1) is 14.3. The van der Waals surface area contributed by atoms with Crippen molar-refractivity contribution >= 4 is 13.6 Å². The van der Waals surface area contributed by atoms with Gasteiger partial charge in [0.2, 0.25) is 0 Å². The summed E-state index contributed by atoms with van der Waals surface area (Å²) in [7, 11) is 0.583. The fourth-order valence-electron chi connectivity index (χ4n) is 0.811. The molecule has 0 amide bonds. The van der Waals surface area contributed by atoms with Gasteiger partial charge in [0.25, 0.3) is 0 Å². The summed E-state index contributed by atoms with van der Waals surface area (Å²) >= 11 is 0. The van der Waals surface area contributed by atoms with Crippen LogP contribution in [-0.4, -0.2) is 40.4 Å². The fourth-order valence-corrected chi connectivity index (χ4v) is 1.78. The van der Waals surface area contributed by atoms with E-state index < -0.39 is 13.6 Å². The van der Waals surface area contributed by atoms with Crippen LogP contribution in [0.25, 0.3) is 0 Å². The van der Waals surface area contributed by atoms with Crippen LogP contribution in [0, 0.1) is 0 Å². The third-order valence-corrected chi connectivity index (χ3v) is 3.59. The molecule has 0 saturated heterocycles. The van der Waals surface area contributed by atoms with Gasteiger partial charge in [-0.05, 0) is 0 Å². The van der Waals surface area contributed by atoms with Crippen molar-refractivity contribution in [3.05, 3.63) is 11.9 Å². The lowest BCUT2D eigenvalue weighted by Gasteiger charge is -2.16. The zero-order chi connectivity index (χ0) is 11.9. The van der Waals surface area contributed by atoms with E-state index in [1.54, 1.807) is 0 Å². The molecule has 15 heavy (non-hydrogen) atoms. The highest BCUT2D eigenvalue weighted by Crippen LogP contribution is 2.53. The molecule has 88 valence electrons. The van der Waals surface area contributed by atoms with Crippen LogP contribution in [0.3, 0.4) is 0 Å². The molecule has 0 aromatic rings. The molecule has 0 saturated carbocycles. The summed E-state index contributed by atoms with van der Waals surface area (Å²) in [6.07, 6.45) is 0. The standard InChI is InChI=1S/C8H16NO5P/c1-7(15(11,13-3)14-4)5-9-6-8(10)12-2/h9H,1,5-6H2,2-4H3. The van der Waals surface area contributed by atoms with Gasteiger partial charge >= 0.3 is 13.6 Å². The molecule has 0 aromatic carbocycles. The average Bonchev–Trinajstić information content (AvgIpc) is 2.27. The van der Waals surface area contributed by atoms with Crippen LogP contribution < -0.4 is 5.32 Å². The molecule has 0 aliphatic rings. The van der Waals surface area contributed by atoms with E-state index in [1.165, 1.54) is 21.3 Å². The molecule has 0 bridgehead atoms. The molecule has 0 atom stereocenters. The van der Waals surface area contributed by atoms with Crippen LogP contribution in [0.4, 0.5) is 0 Å². The molecular formula is C8H16NO5P. The maximum Gasteiger partial charge on any atom is 0.357 e. The molecule has 0 heterocycles. The summed E-state index contributed by atoms with van der Waals surface area (Å²) in [5, 5.41) is 2.96. The van der Waals surface area contributed by atoms with Gasteiger partial charge in [0.05, 0.1) is 13.7 Å². The van der Waals surface area contributed by atoms with Gasteiger partial charge in [-0.1, -0.05) is 6.58 Å². The fraction of sp³-hybridized carbons (Fsp3) is 0.625. The molecule has 0 aliphatic heterocycles. The minimum absolute atomic E-state index is 0.0168. The van der Waals surface area contributed by atoms with Crippen molar-refractivity contribution in [2.45, 2.75) is 0 Å². The summed E-state index contributed by atoms with van der Waals surface area (Å²) in [5.74, 6) is -0.410. The topological polar surface area (TPSA) is 73.9 Å². The highest BCUT2D eigenvalue weighted by Gasteiger charge is 2.25. The molecule has 0 spiro atoms. The molecule has 0 fully saturated rings. The average molecular weight is 237 g/mol. The number of nitrogens with one attached hydrogen (secondary N) is 1. The number of hydrogen-bond acceptors (Lipinski definition) is 6. The Morgan fingerprint density at radius 2 is 1.80 bits per heavy atom. The molecular weight excluding hydrogens is 221 g/mol. The van der Waals surface area contributed by atoms with Crippen LogP contribution in [0.2, 0.25) is 0 Å². The van der Waals surface area contributed by atoms with Crippen molar-refractivity contribution in [1.82, 2.24) is 5.32 Å². The van der Waals surface area contributed by atoms with Gasteiger partial charge in [0.1, 0.15) is 0 Å². The lowest BCUT2D eigenvalue weighted by Crippen LogP contribution is -2.25. The second-order valence-electron chi connectivity index (χ2n) is 2.61. The lowest BCUT2D eigenvalue weighted by molar-refractivity contribution is -0.139. The van der Waals surface area contributed by atoms with Crippen molar-refractivity contribution in [1.29, 1.82) is 0 Å². The first-order valence-corrected chi connectivity index (χ1v) is 5.71. The summed E-state index contributed by atoms with van der Waals surface area (Å²) < 4.78 is 25.5. The Kier molecular flexibility index (Phi) is 6.43. The van der Waals surface area contributed by atoms with Crippen LogP contribution in [0.15, 0.2) is 11.9 Å². The molecule has 7 heteroatoms. The number of carbonyl (C=O) groups is 1. The van der Waals surface area contributed by atoms with Gasteiger partial charge in [-0.15, -0.1) is 0 Å². The number of ether oxygens (including phenoxy) is 1. The van der Waals surface area contributed by atoms with Gasteiger partial charge in [0, 0.05) is 26.1 Å². The van der Waals surface area contributed by atoms with Crippen LogP contribution >= 0.6 is 7.60 Å². The Morgan fingerprint density at radius 1 is 1.27 bits per heavy atom. The van der Waals surface area contributed by atoms with Crippen molar-refractivity contribution < 1.29 is 23.1 Å². The molecule has 0 unspecified atom stereocenters. The molecule has 0 rings (SSSR count). The van der Waals surface area contributed by atoms with Gasteiger partial charge in [-0.2, -0.15) is 0 Å². The minimum Gasteiger partial charge on any atom is -0.468 e. The third-order valence-electron chi connectivity index (χ3n) is 1.69. The largest absolute Gasteiger partial charge is 0.468 e. The van der Waals surface area contributed by atoms with E-state index in [-0.39, 0.29) is 18.4 Å². The first-order chi connectivity index (χ1) is 7.00. The van der Waals surface area contributed by atoms with E-state index in [4.69, 9.17) is 9.05 Å². The predicted octanol–water partition coefficient (Wildman–Crippen LogP) is 0.749. The second kappa shape index (κ2) is 6.74. The summed E-state index contributed by atoms with van der Waals surface area (Å²) in [6, 6.07) is 0. The zero-order valence-corrected chi connectivity index (χ0v) is 10.0. The van der Waals surface area contributed by atoms with E-state index in [9.17, 15) is 9.36 Å². The number of esters is 1. The monoisotopic (exact) mass is 237 g/mol. The van der Waals surface area contributed by atoms with E-state index in [1.807, 2.05) is 0 Å². The number of methoxy groups -OCH3 is 1. The van der Waals surface area contributed by atoms with Crippen LogP contribution in [0.1, 0.15) is 0 Å². The number of hydrogen-bond donors (Lipinski definition) is 1. The van der Waals surface area contributed by atoms with Crippen LogP contribution in [0.5, 0.6) is 0 Å². The van der Waals surface area contributed by atoms with Gasteiger partial charge in [-0.25, -0.2) is 0 Å². The van der Waals surface area contributed by atoms with Gasteiger partial charge in [0.15, 0.2) is 0 Å². The molecule has 0 radical (unpaired) electrons. The Bertz CT molecular complexity index is 270. The highest BCUT2D eigenvalue weighted by atomic mass is 31.2. The maximum absolute atomic E-state index is 11.7. The second-order valence-corrected chi connectivity index (χ2v) is 4.97. The van der Waals surface area contributed by atoms with E-state index in [0.29, 0.717) is 0 Å². The highest BCUT2D eigenvalue weighted by molar-refractivity contribution is 7.58. The third kappa shape index (κ3) is 4.57. The lowest BCUT2D eigenvalue weighted by atomic mass is 10.5. The van der Waals surface area contributed by atoms with Crippen molar-refractivity contribution in [3.63, 3.8) is 0 Å². The van der Waals surface area contributed by atoms with Crippen molar-refractivity contribution in [3.8, 4) is 0 Å². The summed E-state index contributed by atoms with van der Waals surface area (Å²) in [4.78, 5) is 10.7. The molecule has 6 nitrogen and oxygen atoms in total. The predicted molar refractivity (Wildman–Crippen MR) is 55.7 cm³/mol. The Labute approximate surface area is 89.1 Å². The first-order valence-electron chi connectivity index (χ1n) is 4.17. The van der Waals surface area contributed by atoms with Crippen molar-refractivity contribution in [2.75, 3.05) is 34.4 Å². The molecule has 1 N–H and O–H groups in total. The van der Waals surface area contributed by atoms with Gasteiger partial charge < -0.3 is 19.1 Å². The van der Waals surface area contributed by atoms with Crippen molar-refractivity contribution in [2.24, 2.45) is 0 Å². The summed E-state index contributed by atoms with van der Waals surface area (Å²) in [6.45, 7) is 3.74. The summed E-state index contributed by atoms with van der Waals surface area (Å²) in [5.41, 5.74) is 0. The molecule has 0 aliphatic carbocycles. The van der Waals surface area contributed by atoms with Gasteiger partial charge in [-0.3, -0.25) is 9.36 Å². The zero-order valence-electron chi connectivity index (χ0n) is 9.11.